The Hall–Kier alpha value is -2.66. The van der Waals surface area contributed by atoms with Crippen LogP contribution in [-0.2, 0) is 25.7 Å². The summed E-state index contributed by atoms with van der Waals surface area (Å²) in [5.41, 5.74) is 0.311. The maximum atomic E-state index is 12.6. The highest BCUT2D eigenvalue weighted by molar-refractivity contribution is 5.88. The average molecular weight is 441 g/mol. The van der Waals surface area contributed by atoms with Crippen LogP contribution in [0.1, 0.15) is 44.2 Å². The molecular formula is C25H32N2O5. The van der Waals surface area contributed by atoms with E-state index in [0.717, 1.165) is 30.8 Å². The van der Waals surface area contributed by atoms with Crippen molar-refractivity contribution >= 4 is 11.9 Å². The van der Waals surface area contributed by atoms with Crippen LogP contribution >= 0.6 is 0 Å². The Morgan fingerprint density at radius 3 is 2.53 bits per heavy atom. The van der Waals surface area contributed by atoms with Crippen molar-refractivity contribution in [3.05, 3.63) is 48.0 Å². The van der Waals surface area contributed by atoms with Crippen LogP contribution in [0.5, 0.6) is 0 Å². The lowest BCUT2D eigenvalue weighted by molar-refractivity contribution is -0.218. The summed E-state index contributed by atoms with van der Waals surface area (Å²) in [6.07, 6.45) is 2.96. The molecule has 1 N–H and O–H groups in total. The monoisotopic (exact) mass is 440 g/mol. The molecule has 2 saturated heterocycles. The number of rotatable bonds is 6. The fourth-order valence-corrected chi connectivity index (χ4v) is 4.44. The third kappa shape index (κ3) is 5.39. The maximum Gasteiger partial charge on any atom is 0.311 e. The Labute approximate surface area is 189 Å². The van der Waals surface area contributed by atoms with E-state index in [2.05, 4.69) is 23.3 Å². The molecule has 0 bridgehead atoms. The quantitative estimate of drug-likeness (QED) is 0.415. The first-order valence-electron chi connectivity index (χ1n) is 10.9. The van der Waals surface area contributed by atoms with Crippen molar-refractivity contribution in [1.29, 1.82) is 0 Å². The van der Waals surface area contributed by atoms with Gasteiger partial charge in [-0.15, -0.1) is 6.58 Å². The molecular weight excluding hydrogens is 408 g/mol. The number of carbonyl (C=O) groups excluding carboxylic acids is 2. The van der Waals surface area contributed by atoms with E-state index in [0.29, 0.717) is 12.8 Å². The van der Waals surface area contributed by atoms with Crippen molar-refractivity contribution in [2.75, 3.05) is 26.8 Å². The lowest BCUT2D eigenvalue weighted by atomic mass is 9.77. The molecule has 3 rings (SSSR count). The molecule has 0 saturated carbocycles. The molecule has 32 heavy (non-hydrogen) atoms. The second-order valence-corrected chi connectivity index (χ2v) is 8.94. The van der Waals surface area contributed by atoms with E-state index in [1.807, 2.05) is 24.3 Å². The molecule has 2 aliphatic heterocycles. The number of likely N-dealkylation sites (tertiary alicyclic amines) is 1. The lowest BCUT2D eigenvalue weighted by Gasteiger charge is -2.45. The first-order chi connectivity index (χ1) is 15.2. The first-order valence-corrected chi connectivity index (χ1v) is 10.9. The zero-order chi connectivity index (χ0) is 23.4. The zero-order valence-corrected chi connectivity index (χ0v) is 19.1. The summed E-state index contributed by atoms with van der Waals surface area (Å²) in [6, 6.07) is 7.98. The Morgan fingerprint density at radius 2 is 1.97 bits per heavy atom. The summed E-state index contributed by atoms with van der Waals surface area (Å²) in [5.74, 6) is 4.72. The van der Waals surface area contributed by atoms with E-state index in [9.17, 15) is 14.7 Å². The Kier molecular flexibility index (Phi) is 7.40. The molecule has 0 aliphatic carbocycles. The topological polar surface area (TPSA) is 79.3 Å². The van der Waals surface area contributed by atoms with E-state index in [1.165, 1.54) is 12.2 Å². The number of amides is 1. The first kappa shape index (κ1) is 24.0. The second kappa shape index (κ2) is 9.86. The number of ether oxygens (including phenoxy) is 1. The van der Waals surface area contributed by atoms with Crippen LogP contribution in [0.3, 0.4) is 0 Å². The number of hydrogen-bond acceptors (Lipinski definition) is 6. The van der Waals surface area contributed by atoms with E-state index in [1.54, 1.807) is 19.9 Å². The molecule has 7 nitrogen and oxygen atoms in total. The molecule has 0 radical (unpaired) electrons. The summed E-state index contributed by atoms with van der Waals surface area (Å²) >= 11 is 0. The number of aliphatic hydroxyl groups is 1. The molecule has 2 heterocycles. The molecule has 7 heteroatoms. The molecule has 172 valence electrons. The van der Waals surface area contributed by atoms with Gasteiger partial charge in [-0.2, -0.15) is 0 Å². The van der Waals surface area contributed by atoms with Gasteiger partial charge in [0.05, 0.1) is 25.2 Å². The van der Waals surface area contributed by atoms with Crippen LogP contribution < -0.4 is 0 Å². The van der Waals surface area contributed by atoms with Gasteiger partial charge in [0.25, 0.3) is 0 Å². The molecule has 0 aromatic heterocycles. The standard InChI is InChI=1S/C25H32N2O5/c1-5-16-32-27-22(28)17-21(23(29)31-4)25(27)12-14-26(15-13-25)18-20-8-6-19(7-9-20)10-11-24(2,3)30/h5-9,21,30H,1,12-18H2,2-4H3. The summed E-state index contributed by atoms with van der Waals surface area (Å²) in [7, 11) is 1.36. The van der Waals surface area contributed by atoms with Crippen molar-refractivity contribution in [2.45, 2.75) is 50.8 Å². The van der Waals surface area contributed by atoms with E-state index >= 15 is 0 Å². The number of hydrogen-bond donors (Lipinski definition) is 1. The third-order valence-electron chi connectivity index (χ3n) is 6.06. The van der Waals surface area contributed by atoms with Crippen molar-refractivity contribution in [3.63, 3.8) is 0 Å². The van der Waals surface area contributed by atoms with Crippen LogP contribution in [-0.4, -0.2) is 64.9 Å². The van der Waals surface area contributed by atoms with Gasteiger partial charge in [0.15, 0.2) is 0 Å². The summed E-state index contributed by atoms with van der Waals surface area (Å²) < 4.78 is 5.00. The van der Waals surface area contributed by atoms with Crippen molar-refractivity contribution in [3.8, 4) is 11.8 Å². The zero-order valence-electron chi connectivity index (χ0n) is 19.1. The third-order valence-corrected chi connectivity index (χ3v) is 6.06. The van der Waals surface area contributed by atoms with E-state index in [4.69, 9.17) is 9.57 Å². The predicted molar refractivity (Wildman–Crippen MR) is 120 cm³/mol. The molecule has 1 spiro atoms. The normalized spacial score (nSPS) is 20.7. The smallest absolute Gasteiger partial charge is 0.311 e. The molecule has 1 aromatic carbocycles. The average Bonchev–Trinajstić information content (AvgIpc) is 3.03. The predicted octanol–water partition coefficient (Wildman–Crippen LogP) is 2.28. The molecule has 2 aliphatic rings. The number of nitrogens with zero attached hydrogens (tertiary/aromatic N) is 2. The molecule has 1 atom stereocenters. The maximum absolute atomic E-state index is 12.6. The molecule has 2 fully saturated rings. The van der Waals surface area contributed by atoms with Crippen LogP contribution in [0.25, 0.3) is 0 Å². The highest BCUT2D eigenvalue weighted by atomic mass is 16.7. The van der Waals surface area contributed by atoms with Gasteiger partial charge >= 0.3 is 5.97 Å². The highest BCUT2D eigenvalue weighted by Crippen LogP contribution is 2.44. The van der Waals surface area contributed by atoms with Gasteiger partial charge < -0.3 is 9.84 Å². The lowest BCUT2D eigenvalue weighted by Crippen LogP contribution is -2.57. The van der Waals surface area contributed by atoms with Crippen LogP contribution in [0, 0.1) is 17.8 Å². The van der Waals surface area contributed by atoms with Gasteiger partial charge in [-0.3, -0.25) is 19.3 Å². The summed E-state index contributed by atoms with van der Waals surface area (Å²) in [6.45, 7) is 9.41. The second-order valence-electron chi connectivity index (χ2n) is 8.94. The molecule has 1 unspecified atom stereocenters. The number of methoxy groups -OCH3 is 1. The Bertz CT molecular complexity index is 899. The highest BCUT2D eigenvalue weighted by Gasteiger charge is 2.58. The summed E-state index contributed by atoms with van der Waals surface area (Å²) in [4.78, 5) is 33.1. The summed E-state index contributed by atoms with van der Waals surface area (Å²) in [5, 5.41) is 11.2. The van der Waals surface area contributed by atoms with Crippen LogP contribution in [0.2, 0.25) is 0 Å². The minimum Gasteiger partial charge on any atom is -0.469 e. The van der Waals surface area contributed by atoms with Gasteiger partial charge in [0.1, 0.15) is 5.60 Å². The molecule has 1 aromatic rings. The fraction of sp³-hybridized carbons (Fsp3) is 0.520. The van der Waals surface area contributed by atoms with Gasteiger partial charge in [-0.05, 0) is 44.4 Å². The largest absolute Gasteiger partial charge is 0.469 e. The fourth-order valence-electron chi connectivity index (χ4n) is 4.44. The minimum atomic E-state index is -1.02. The van der Waals surface area contributed by atoms with E-state index < -0.39 is 17.1 Å². The van der Waals surface area contributed by atoms with Crippen molar-refractivity contribution in [2.24, 2.45) is 5.92 Å². The van der Waals surface area contributed by atoms with Crippen molar-refractivity contribution in [1.82, 2.24) is 9.96 Å². The Balaban J connectivity index is 1.67. The minimum absolute atomic E-state index is 0.108. The van der Waals surface area contributed by atoms with Gasteiger partial charge in [0.2, 0.25) is 5.91 Å². The number of benzene rings is 1. The molecule has 1 amide bonds. The number of hydroxylamine groups is 2. The van der Waals surface area contributed by atoms with Crippen LogP contribution in [0.4, 0.5) is 0 Å². The van der Waals surface area contributed by atoms with Gasteiger partial charge in [0, 0.05) is 31.6 Å². The number of esters is 1. The number of carbonyl (C=O) groups is 2. The number of piperidine rings is 1. The Morgan fingerprint density at radius 1 is 1.31 bits per heavy atom. The van der Waals surface area contributed by atoms with Crippen molar-refractivity contribution < 1.29 is 24.3 Å². The van der Waals surface area contributed by atoms with Crippen LogP contribution in [0.15, 0.2) is 36.9 Å². The van der Waals surface area contributed by atoms with E-state index in [-0.39, 0.29) is 24.9 Å². The van der Waals surface area contributed by atoms with Gasteiger partial charge in [-0.1, -0.05) is 30.0 Å². The van der Waals surface area contributed by atoms with Gasteiger partial charge in [-0.25, -0.2) is 5.06 Å². The SMILES string of the molecule is C=CCON1C(=O)CC(C(=O)OC)C12CCN(Cc1ccc(C#CC(C)(C)O)cc1)CC2.